The summed E-state index contributed by atoms with van der Waals surface area (Å²) in [6.07, 6.45) is 2.00. The molecule has 4 saturated carbocycles. The molecule has 7 fully saturated rings. The second-order valence-corrected chi connectivity index (χ2v) is 18.8. The van der Waals surface area contributed by atoms with Crippen LogP contribution in [0.5, 0.6) is 0 Å². The summed E-state index contributed by atoms with van der Waals surface area (Å²) in [7, 11) is 0. The van der Waals surface area contributed by atoms with Gasteiger partial charge in [0, 0.05) is 30.8 Å². The number of rotatable bonds is 7. The summed E-state index contributed by atoms with van der Waals surface area (Å²) in [5.74, 6) is 0.248. The van der Waals surface area contributed by atoms with Crippen LogP contribution in [0.1, 0.15) is 112 Å². The van der Waals surface area contributed by atoms with E-state index in [1.165, 1.54) is 0 Å². The molecule has 0 unspecified atom stereocenters. The molecule has 8 aliphatic rings. The molecule has 306 valence electrons. The number of carbonyl (C=O) groups excluding carboxylic acids is 1. The van der Waals surface area contributed by atoms with Crippen molar-refractivity contribution in [3.63, 3.8) is 0 Å². The van der Waals surface area contributed by atoms with E-state index in [0.29, 0.717) is 31.6 Å². The molecule has 0 spiro atoms. The van der Waals surface area contributed by atoms with E-state index in [1.807, 2.05) is 27.7 Å². The van der Waals surface area contributed by atoms with Gasteiger partial charge in [-0.3, -0.25) is 0 Å². The molecule has 13 heteroatoms. The average Bonchev–Trinajstić information content (AvgIpc) is 3.65. The lowest BCUT2D eigenvalue weighted by Gasteiger charge is -2.65. The van der Waals surface area contributed by atoms with Gasteiger partial charge in [-0.2, -0.15) is 0 Å². The smallest absolute Gasteiger partial charge is 0.331 e. The zero-order valence-electron chi connectivity index (χ0n) is 32.6. The molecule has 4 aliphatic carbocycles. The summed E-state index contributed by atoms with van der Waals surface area (Å²) >= 11 is 0. The number of hydrogen-bond donors (Lipinski definition) is 5. The van der Waals surface area contributed by atoms with E-state index in [4.69, 9.17) is 33.2 Å². The van der Waals surface area contributed by atoms with Crippen molar-refractivity contribution in [2.75, 3.05) is 6.61 Å². The predicted octanol–water partition coefficient (Wildman–Crippen LogP) is 3.25. The summed E-state index contributed by atoms with van der Waals surface area (Å²) in [6, 6.07) is 0. The second kappa shape index (κ2) is 14.9. The van der Waals surface area contributed by atoms with Gasteiger partial charge in [0.05, 0.1) is 54.4 Å². The van der Waals surface area contributed by atoms with Gasteiger partial charge in [-0.05, 0) is 113 Å². The largest absolute Gasteiger partial charge is 0.458 e. The van der Waals surface area contributed by atoms with Crippen LogP contribution in [0.2, 0.25) is 0 Å². The third-order valence-electron chi connectivity index (χ3n) is 15.7. The summed E-state index contributed by atoms with van der Waals surface area (Å²) in [5, 5.41) is 56.9. The van der Waals surface area contributed by atoms with Gasteiger partial charge in [0.2, 0.25) is 0 Å². The molecule has 0 radical (unpaired) electrons. The molecule has 0 aromatic carbocycles. The number of hydrogen-bond acceptors (Lipinski definition) is 13. The monoisotopic (exact) mass is 764 g/mol. The Bertz CT molecular complexity index is 1380. The standard InChI is InChI=1S/C41H64O13/c1-20-12-25(42)15-34(49-20)53-37-22(3)51-36(18-31(37)44)54-38-21(2)50-35(17-30(38)43)52-26-8-10-39(4)24(14-26)6-7-28-29(39)16-32(45)40(5)27(9-11-41(28,40)47)23-13-33(46)48-19-23/h13,20-22,24-32,34-38,42-45,47H,6-12,14-19H2,1-5H3/t20-,21-,22-,24-,25-,26+,27-,28-,29+,30+,31+,32-,34+,35+,36+,37-,38-,39+,40+,41+/m1/s1. The maximum Gasteiger partial charge on any atom is 0.331 e. The first-order chi connectivity index (χ1) is 25.6. The van der Waals surface area contributed by atoms with Crippen molar-refractivity contribution in [2.24, 2.45) is 34.5 Å². The van der Waals surface area contributed by atoms with Crippen LogP contribution >= 0.6 is 0 Å². The Labute approximate surface area is 319 Å². The van der Waals surface area contributed by atoms with Crippen molar-refractivity contribution < 1.29 is 63.5 Å². The number of esters is 1. The molecular formula is C41H64O13. The Balaban J connectivity index is 0.842. The molecule has 54 heavy (non-hydrogen) atoms. The summed E-state index contributed by atoms with van der Waals surface area (Å²) in [4.78, 5) is 11.9. The van der Waals surface area contributed by atoms with Crippen LogP contribution in [0.25, 0.3) is 0 Å². The molecule has 4 aliphatic heterocycles. The van der Waals surface area contributed by atoms with E-state index in [2.05, 4.69) is 6.92 Å². The minimum absolute atomic E-state index is 0.0297. The van der Waals surface area contributed by atoms with Crippen LogP contribution in [-0.4, -0.2) is 124 Å². The van der Waals surface area contributed by atoms with Crippen molar-refractivity contribution in [2.45, 2.75) is 197 Å². The molecule has 0 aromatic rings. The minimum atomic E-state index is -1.00. The first-order valence-corrected chi connectivity index (χ1v) is 20.8. The fraction of sp³-hybridized carbons (Fsp3) is 0.927. The number of aliphatic hydroxyl groups excluding tert-OH is 4. The normalized spacial score (nSPS) is 55.0. The lowest BCUT2D eigenvalue weighted by Crippen LogP contribution is -2.67. The van der Waals surface area contributed by atoms with Gasteiger partial charge in [-0.25, -0.2) is 4.79 Å². The van der Waals surface area contributed by atoms with Crippen LogP contribution in [0.4, 0.5) is 0 Å². The Kier molecular flexibility index (Phi) is 10.9. The lowest BCUT2D eigenvalue weighted by atomic mass is 9.42. The maximum atomic E-state index is 12.6. The number of cyclic esters (lactones) is 1. The SMILES string of the molecule is C[C@@H]1C[C@@H](O)C[C@H](O[C@H]2[C@@H](O)C[C@H](O[C@H]3[C@@H](O)C[C@H](O[C@H]4CC[C@@]5(C)[C@H](CC[C@@H]6[C@@H]5C[C@@H](O)[C@]5(C)[C@@H](C7=CC(=O)OC7)CC[C@]65O)C4)O[C@@H]3C)O[C@@H]2C)O1. The third kappa shape index (κ3) is 6.82. The Morgan fingerprint density at radius 1 is 0.722 bits per heavy atom. The lowest BCUT2D eigenvalue weighted by molar-refractivity contribution is -0.333. The zero-order valence-corrected chi connectivity index (χ0v) is 32.6. The topological polar surface area (TPSA) is 183 Å². The van der Waals surface area contributed by atoms with Gasteiger partial charge in [-0.1, -0.05) is 13.8 Å². The van der Waals surface area contributed by atoms with Gasteiger partial charge >= 0.3 is 5.97 Å². The van der Waals surface area contributed by atoms with E-state index in [9.17, 15) is 30.3 Å². The molecule has 0 aromatic heterocycles. The molecule has 0 amide bonds. The molecule has 13 nitrogen and oxygen atoms in total. The Hall–Kier alpha value is -1.23. The van der Waals surface area contributed by atoms with E-state index < -0.39 is 78.7 Å². The highest BCUT2D eigenvalue weighted by atomic mass is 16.7. The predicted molar refractivity (Wildman–Crippen MR) is 191 cm³/mol. The Morgan fingerprint density at radius 2 is 1.37 bits per heavy atom. The van der Waals surface area contributed by atoms with E-state index in [1.54, 1.807) is 6.08 Å². The first-order valence-electron chi connectivity index (χ1n) is 20.8. The highest BCUT2D eigenvalue weighted by Gasteiger charge is 2.71. The highest BCUT2D eigenvalue weighted by molar-refractivity contribution is 5.85. The van der Waals surface area contributed by atoms with Gasteiger partial charge in [0.1, 0.15) is 18.8 Å². The molecule has 3 saturated heterocycles. The van der Waals surface area contributed by atoms with Crippen LogP contribution in [0, 0.1) is 34.5 Å². The highest BCUT2D eigenvalue weighted by Crippen LogP contribution is 2.70. The third-order valence-corrected chi connectivity index (χ3v) is 15.7. The number of aliphatic hydroxyl groups is 5. The number of fused-ring (bicyclic) bond motifs is 5. The fourth-order valence-corrected chi connectivity index (χ4v) is 12.8. The van der Waals surface area contributed by atoms with Gasteiger partial charge in [-0.15, -0.1) is 0 Å². The van der Waals surface area contributed by atoms with Gasteiger partial charge < -0.3 is 58.7 Å². The summed E-state index contributed by atoms with van der Waals surface area (Å²) in [6.45, 7) is 10.2. The molecule has 5 N–H and O–H groups in total. The van der Waals surface area contributed by atoms with Gasteiger partial charge in [0.25, 0.3) is 0 Å². The number of carbonyl (C=O) groups is 1. The second-order valence-electron chi connectivity index (χ2n) is 18.8. The molecule has 8 rings (SSSR count). The quantitative estimate of drug-likeness (QED) is 0.188. The molecule has 20 atom stereocenters. The maximum absolute atomic E-state index is 12.6. The van der Waals surface area contributed by atoms with E-state index >= 15 is 0 Å². The Morgan fingerprint density at radius 3 is 1.98 bits per heavy atom. The van der Waals surface area contributed by atoms with E-state index in [-0.39, 0.29) is 60.8 Å². The van der Waals surface area contributed by atoms with Crippen molar-refractivity contribution in [3.05, 3.63) is 11.6 Å². The first kappa shape index (κ1) is 39.6. The summed E-state index contributed by atoms with van der Waals surface area (Å²) in [5.41, 5.74) is -0.858. The van der Waals surface area contributed by atoms with Crippen molar-refractivity contribution in [1.82, 2.24) is 0 Å². The van der Waals surface area contributed by atoms with Crippen LogP contribution in [0.3, 0.4) is 0 Å². The molecule has 0 bridgehead atoms. The van der Waals surface area contributed by atoms with Gasteiger partial charge in [0.15, 0.2) is 18.9 Å². The van der Waals surface area contributed by atoms with Crippen molar-refractivity contribution in [3.8, 4) is 0 Å². The van der Waals surface area contributed by atoms with Crippen molar-refractivity contribution in [1.29, 1.82) is 0 Å². The minimum Gasteiger partial charge on any atom is -0.458 e. The fourth-order valence-electron chi connectivity index (χ4n) is 12.8. The van der Waals surface area contributed by atoms with Crippen LogP contribution in [0.15, 0.2) is 11.6 Å². The van der Waals surface area contributed by atoms with E-state index in [0.717, 1.165) is 44.1 Å². The van der Waals surface area contributed by atoms with Crippen molar-refractivity contribution >= 4 is 5.97 Å². The van der Waals surface area contributed by atoms with Crippen LogP contribution in [-0.2, 0) is 38.0 Å². The van der Waals surface area contributed by atoms with Crippen LogP contribution < -0.4 is 0 Å². The average molecular weight is 765 g/mol. The number of ether oxygens (including phenoxy) is 7. The molecular weight excluding hydrogens is 700 g/mol. The molecule has 4 heterocycles. The zero-order chi connectivity index (χ0) is 38.3. The summed E-state index contributed by atoms with van der Waals surface area (Å²) < 4.78 is 42.3.